The van der Waals surface area contributed by atoms with E-state index in [1.165, 1.54) is 0 Å². The number of fused-ring (bicyclic) bond motifs is 1. The Labute approximate surface area is 178 Å². The number of alkyl halides is 1. The largest absolute Gasteiger partial charge is 0.477 e. The first kappa shape index (κ1) is 20.3. The molecule has 1 saturated heterocycles. The molecule has 0 saturated carbocycles. The Bertz CT molecular complexity index is 1120. The number of carboxylic acids is 1. The molecule has 7 heteroatoms. The van der Waals surface area contributed by atoms with Gasteiger partial charge in [0.1, 0.15) is 4.88 Å². The summed E-state index contributed by atoms with van der Waals surface area (Å²) < 4.78 is 19.0. The van der Waals surface area contributed by atoms with Gasteiger partial charge in [0.25, 0.3) is 0 Å². The highest BCUT2D eigenvalue weighted by molar-refractivity contribution is 7.18. The third-order valence-corrected chi connectivity index (χ3v) is 6.67. The van der Waals surface area contributed by atoms with Crippen molar-refractivity contribution in [1.82, 2.24) is 0 Å². The van der Waals surface area contributed by atoms with Gasteiger partial charge in [-0.2, -0.15) is 0 Å². The molecule has 1 atom stereocenters. The molecule has 0 radical (unpaired) electrons. The summed E-state index contributed by atoms with van der Waals surface area (Å²) in [6.45, 7) is 9.48. The van der Waals surface area contributed by atoms with E-state index >= 15 is 0 Å². The van der Waals surface area contributed by atoms with Gasteiger partial charge in [-0.25, -0.2) is 9.64 Å². The Kier molecular flexibility index (Phi) is 5.98. The lowest BCUT2D eigenvalue weighted by atomic mass is 9.87. The lowest BCUT2D eigenvalue weighted by molar-refractivity contribution is 0.0700. The third kappa shape index (κ3) is 3.76. The van der Waals surface area contributed by atoms with Gasteiger partial charge in [-0.05, 0) is 28.3 Å². The highest BCUT2D eigenvalue weighted by Crippen LogP contribution is 2.49. The molecular formula is C23H21FN2O3S. The Morgan fingerprint density at radius 3 is 2.63 bits per heavy atom. The standard InChI is InChI=1S/C23H21FN2O3S/c1-25-20-19(21(23(27)28)30-22(20)26-10-12-29-13-11-26)18(8-9-24)17-7-6-15-4-2-3-5-16(15)14-17/h2-7,14,18H,8-13H2,(H,27,28). The smallest absolute Gasteiger partial charge is 0.344 e. The first-order valence-corrected chi connectivity index (χ1v) is 10.6. The van der Waals surface area contributed by atoms with E-state index in [-0.39, 0.29) is 11.3 Å². The zero-order chi connectivity index (χ0) is 21.1. The molecule has 1 aromatic heterocycles. The maximum Gasteiger partial charge on any atom is 0.344 e. The number of ether oxygens (including phenoxy) is 1. The normalized spacial score (nSPS) is 15.1. The third-order valence-electron chi connectivity index (χ3n) is 5.43. The first-order valence-electron chi connectivity index (χ1n) is 9.78. The molecule has 30 heavy (non-hydrogen) atoms. The molecule has 1 unspecified atom stereocenters. The first-order chi connectivity index (χ1) is 14.6. The van der Waals surface area contributed by atoms with Crippen LogP contribution in [0.2, 0.25) is 0 Å². The Hall–Kier alpha value is -2.95. The second-order valence-corrected chi connectivity index (χ2v) is 8.15. The van der Waals surface area contributed by atoms with Crippen molar-refractivity contribution in [3.63, 3.8) is 0 Å². The van der Waals surface area contributed by atoms with Crippen LogP contribution < -0.4 is 4.90 Å². The molecule has 1 aliphatic heterocycles. The van der Waals surface area contributed by atoms with Crippen molar-refractivity contribution in [1.29, 1.82) is 0 Å². The van der Waals surface area contributed by atoms with Crippen molar-refractivity contribution in [2.75, 3.05) is 37.9 Å². The SMILES string of the molecule is [C-]#[N+]c1c(N2CCOCC2)sc(C(=O)O)c1C(CCF)c1ccc2ccccc2c1. The topological polar surface area (TPSA) is 54.1 Å². The van der Waals surface area contributed by atoms with E-state index < -0.39 is 18.6 Å². The van der Waals surface area contributed by atoms with Crippen molar-refractivity contribution in [3.05, 3.63) is 69.9 Å². The van der Waals surface area contributed by atoms with Gasteiger partial charge >= 0.3 is 5.97 Å². The van der Waals surface area contributed by atoms with Crippen LogP contribution in [0.25, 0.3) is 15.6 Å². The monoisotopic (exact) mass is 424 g/mol. The number of anilines is 1. The van der Waals surface area contributed by atoms with Gasteiger partial charge in [0.05, 0.1) is 31.5 Å². The fourth-order valence-electron chi connectivity index (χ4n) is 4.01. The molecular weight excluding hydrogens is 403 g/mol. The summed E-state index contributed by atoms with van der Waals surface area (Å²) in [6.07, 6.45) is 0.125. The van der Waals surface area contributed by atoms with E-state index in [1.807, 2.05) is 47.4 Å². The minimum absolute atomic E-state index is 0.120. The summed E-state index contributed by atoms with van der Waals surface area (Å²) in [5.74, 6) is -1.58. The highest BCUT2D eigenvalue weighted by atomic mass is 32.1. The molecule has 4 rings (SSSR count). The Morgan fingerprint density at radius 1 is 1.23 bits per heavy atom. The molecule has 0 amide bonds. The van der Waals surface area contributed by atoms with E-state index in [1.54, 1.807) is 0 Å². The second kappa shape index (κ2) is 8.82. The number of benzene rings is 2. The molecule has 2 heterocycles. The summed E-state index contributed by atoms with van der Waals surface area (Å²) in [5.41, 5.74) is 1.58. The predicted molar refractivity (Wildman–Crippen MR) is 117 cm³/mol. The maximum atomic E-state index is 13.6. The van der Waals surface area contributed by atoms with Crippen molar-refractivity contribution < 1.29 is 19.0 Å². The van der Waals surface area contributed by atoms with Crippen LogP contribution in [0.1, 0.15) is 33.1 Å². The fraction of sp³-hybridized carbons (Fsp3) is 0.304. The maximum absolute atomic E-state index is 13.6. The van der Waals surface area contributed by atoms with Gasteiger partial charge in [-0.1, -0.05) is 42.5 Å². The highest BCUT2D eigenvalue weighted by Gasteiger charge is 2.32. The number of hydrogen-bond acceptors (Lipinski definition) is 4. The minimum Gasteiger partial charge on any atom is -0.477 e. The number of hydrogen-bond donors (Lipinski definition) is 1. The van der Waals surface area contributed by atoms with Crippen molar-refractivity contribution in [3.8, 4) is 0 Å². The molecule has 1 fully saturated rings. The number of aromatic carboxylic acids is 1. The molecule has 0 aliphatic carbocycles. The lowest BCUT2D eigenvalue weighted by Gasteiger charge is -2.28. The molecule has 5 nitrogen and oxygen atoms in total. The van der Waals surface area contributed by atoms with Crippen molar-refractivity contribution in [2.45, 2.75) is 12.3 Å². The predicted octanol–water partition coefficient (Wildman–Crippen LogP) is 5.48. The van der Waals surface area contributed by atoms with E-state index in [4.69, 9.17) is 11.3 Å². The molecule has 2 aromatic carbocycles. The van der Waals surface area contributed by atoms with E-state index in [0.29, 0.717) is 42.6 Å². The summed E-state index contributed by atoms with van der Waals surface area (Å²) in [7, 11) is 0. The van der Waals surface area contributed by atoms with Gasteiger partial charge in [0, 0.05) is 19.0 Å². The average Bonchev–Trinajstić information content (AvgIpc) is 3.17. The molecule has 3 aromatic rings. The van der Waals surface area contributed by atoms with Gasteiger partial charge in [-0.3, -0.25) is 4.39 Å². The minimum atomic E-state index is -1.08. The number of carboxylic acid groups (broad SMARTS) is 1. The summed E-state index contributed by atoms with van der Waals surface area (Å²) >= 11 is 1.11. The number of halogens is 1. The van der Waals surface area contributed by atoms with Crippen LogP contribution in [-0.2, 0) is 4.74 Å². The lowest BCUT2D eigenvalue weighted by Crippen LogP contribution is -2.35. The van der Waals surface area contributed by atoms with Crippen LogP contribution >= 0.6 is 11.3 Å². The zero-order valence-electron chi connectivity index (χ0n) is 16.3. The summed E-state index contributed by atoms with van der Waals surface area (Å²) in [6, 6.07) is 13.7. The quantitative estimate of drug-likeness (QED) is 0.533. The average molecular weight is 424 g/mol. The van der Waals surface area contributed by atoms with E-state index in [9.17, 15) is 14.3 Å². The number of thiophene rings is 1. The van der Waals surface area contributed by atoms with E-state index in [0.717, 1.165) is 27.7 Å². The molecule has 1 aliphatic rings. The molecule has 0 bridgehead atoms. The van der Waals surface area contributed by atoms with Crippen LogP contribution in [0.3, 0.4) is 0 Å². The number of rotatable bonds is 6. The van der Waals surface area contributed by atoms with Crippen LogP contribution in [-0.4, -0.2) is 44.1 Å². The zero-order valence-corrected chi connectivity index (χ0v) is 17.1. The van der Waals surface area contributed by atoms with Crippen LogP contribution in [0.5, 0.6) is 0 Å². The van der Waals surface area contributed by atoms with Crippen molar-refractivity contribution >= 4 is 38.8 Å². The number of nitrogens with zero attached hydrogens (tertiary/aromatic N) is 2. The van der Waals surface area contributed by atoms with Crippen molar-refractivity contribution in [2.24, 2.45) is 0 Å². The van der Waals surface area contributed by atoms with Gasteiger partial charge in [0.2, 0.25) is 5.69 Å². The van der Waals surface area contributed by atoms with Gasteiger partial charge < -0.3 is 14.7 Å². The van der Waals surface area contributed by atoms with Gasteiger partial charge in [0.15, 0.2) is 0 Å². The van der Waals surface area contributed by atoms with Gasteiger partial charge in [-0.15, -0.1) is 11.3 Å². The van der Waals surface area contributed by atoms with Crippen LogP contribution in [0, 0.1) is 6.57 Å². The Balaban J connectivity index is 1.88. The molecule has 1 N–H and O–H groups in total. The fourth-order valence-corrected chi connectivity index (χ4v) is 5.20. The second-order valence-electron chi connectivity index (χ2n) is 7.15. The summed E-state index contributed by atoms with van der Waals surface area (Å²) in [4.78, 5) is 18.0. The number of carbonyl (C=O) groups is 1. The van der Waals surface area contributed by atoms with Crippen LogP contribution in [0.4, 0.5) is 15.1 Å². The van der Waals surface area contributed by atoms with E-state index in [2.05, 4.69) is 4.85 Å². The molecule has 0 spiro atoms. The number of morpholine rings is 1. The summed E-state index contributed by atoms with van der Waals surface area (Å²) in [5, 5.41) is 12.6. The Morgan fingerprint density at radius 2 is 1.97 bits per heavy atom. The van der Waals surface area contributed by atoms with Crippen LogP contribution in [0.15, 0.2) is 42.5 Å². The molecule has 154 valence electrons.